The number of amides is 2. The van der Waals surface area contributed by atoms with E-state index in [0.717, 1.165) is 128 Å². The number of likely N-dealkylation sites (tertiary alicyclic amines) is 2. The lowest BCUT2D eigenvalue weighted by Crippen LogP contribution is -2.64. The number of hydrogen-bond donors (Lipinski definition) is 0. The minimum atomic E-state index is -0.192. The molecule has 5 heterocycles. The van der Waals surface area contributed by atoms with E-state index >= 15 is 0 Å². The van der Waals surface area contributed by atoms with Crippen molar-refractivity contribution < 1.29 is 19.1 Å². The van der Waals surface area contributed by atoms with Crippen molar-refractivity contribution in [1.82, 2.24) is 29.4 Å². The highest BCUT2D eigenvalue weighted by molar-refractivity contribution is 6.36. The fourth-order valence-electron chi connectivity index (χ4n) is 8.58. The van der Waals surface area contributed by atoms with Crippen LogP contribution in [0.3, 0.4) is 0 Å². The molecular formula is C39H47ClN6O4. The Labute approximate surface area is 298 Å². The van der Waals surface area contributed by atoms with Gasteiger partial charge in [0.25, 0.3) is 0 Å². The number of fused-ring (bicyclic) bond motifs is 1. The Bertz CT molecular complexity index is 1910. The summed E-state index contributed by atoms with van der Waals surface area (Å²) >= 11 is 7.28. The summed E-state index contributed by atoms with van der Waals surface area (Å²) in [6, 6.07) is 10.8. The number of benzene rings is 2. The molecule has 1 aliphatic carbocycles. The SMILES string of the molecule is CCCCOC(=O)N1CC2(CC(n3nc(-c4ccc(CN5CCCC5=O)cc4)c(-c4c(Cl)c(C)cc5c4cnn5C4CCCCO4)c3C)C2)C1. The van der Waals surface area contributed by atoms with E-state index < -0.39 is 0 Å². The van der Waals surface area contributed by atoms with Crippen molar-refractivity contribution >= 4 is 34.5 Å². The lowest BCUT2D eigenvalue weighted by Gasteiger charge is -2.58. The Balaban J connectivity index is 1.14. The third-order valence-electron chi connectivity index (χ3n) is 11.3. The van der Waals surface area contributed by atoms with Crippen LogP contribution in [0.25, 0.3) is 33.3 Å². The topological polar surface area (TPSA) is 94.7 Å². The third-order valence-corrected chi connectivity index (χ3v) is 11.8. The average Bonchev–Trinajstić information content (AvgIpc) is 3.78. The fourth-order valence-corrected chi connectivity index (χ4v) is 8.83. The van der Waals surface area contributed by atoms with Crippen molar-refractivity contribution in [3.8, 4) is 22.4 Å². The van der Waals surface area contributed by atoms with E-state index in [4.69, 9.17) is 31.3 Å². The molecule has 0 bridgehead atoms. The maximum atomic E-state index is 12.5. The Hall–Kier alpha value is -3.89. The number of aromatic nitrogens is 4. The lowest BCUT2D eigenvalue weighted by atomic mass is 9.61. The van der Waals surface area contributed by atoms with Gasteiger partial charge in [0, 0.05) is 72.4 Å². The summed E-state index contributed by atoms with van der Waals surface area (Å²) in [7, 11) is 0. The van der Waals surface area contributed by atoms with Crippen LogP contribution in [0.2, 0.25) is 5.02 Å². The zero-order valence-corrected chi connectivity index (χ0v) is 30.2. The molecule has 264 valence electrons. The number of carbonyl (C=O) groups excluding carboxylic acids is 2. The minimum absolute atomic E-state index is 0.0925. The molecule has 1 spiro atoms. The van der Waals surface area contributed by atoms with Gasteiger partial charge in [0.15, 0.2) is 6.23 Å². The number of aryl methyl sites for hydroxylation is 1. The molecule has 8 rings (SSSR count). The van der Waals surface area contributed by atoms with Crippen LogP contribution in [0.15, 0.2) is 36.5 Å². The van der Waals surface area contributed by atoms with Gasteiger partial charge in [0.1, 0.15) is 5.69 Å². The summed E-state index contributed by atoms with van der Waals surface area (Å²) in [5, 5.41) is 11.9. The maximum Gasteiger partial charge on any atom is 0.409 e. The summed E-state index contributed by atoms with van der Waals surface area (Å²) in [6.07, 6.45) is 10.2. The number of rotatable bonds is 9. The standard InChI is InChI=1S/C39H47ClN6O4/c1-4-5-16-50-38(48)44-23-39(24-44)19-29(20-39)45-26(3)34(37(42-45)28-13-11-27(12-14-28)22-43-15-8-9-32(43)47)35-30-21-41-46(33-10-6-7-17-49-33)31(30)18-25(2)36(35)40/h11-14,18,21,29,33H,4-10,15-17,19-20,22-24H2,1-3H3. The van der Waals surface area contributed by atoms with Gasteiger partial charge >= 0.3 is 6.09 Å². The molecule has 4 aliphatic rings. The highest BCUT2D eigenvalue weighted by atomic mass is 35.5. The van der Waals surface area contributed by atoms with E-state index in [1.165, 1.54) is 0 Å². The van der Waals surface area contributed by atoms with Crippen LogP contribution in [0.4, 0.5) is 4.79 Å². The fraction of sp³-hybridized carbons (Fsp3) is 0.538. The van der Waals surface area contributed by atoms with Gasteiger partial charge in [-0.3, -0.25) is 9.48 Å². The van der Waals surface area contributed by atoms with Crippen LogP contribution in [0, 0.1) is 19.3 Å². The Kier molecular flexibility index (Phi) is 8.88. The first kappa shape index (κ1) is 33.3. The molecule has 4 aromatic rings. The first-order valence-corrected chi connectivity index (χ1v) is 18.8. The molecule has 10 nitrogen and oxygen atoms in total. The number of unbranched alkanes of at least 4 members (excludes halogenated alkanes) is 1. The Morgan fingerprint density at radius 3 is 2.58 bits per heavy atom. The van der Waals surface area contributed by atoms with Crippen LogP contribution >= 0.6 is 11.6 Å². The van der Waals surface area contributed by atoms with Crippen LogP contribution in [-0.4, -0.2) is 74.2 Å². The van der Waals surface area contributed by atoms with E-state index in [1.54, 1.807) is 0 Å². The smallest absolute Gasteiger partial charge is 0.409 e. The molecular weight excluding hydrogens is 652 g/mol. The van der Waals surface area contributed by atoms with Crippen molar-refractivity contribution in [3.05, 3.63) is 58.4 Å². The summed E-state index contributed by atoms with van der Waals surface area (Å²) in [6.45, 7) is 10.4. The quantitative estimate of drug-likeness (QED) is 0.164. The first-order chi connectivity index (χ1) is 24.2. The van der Waals surface area contributed by atoms with Gasteiger partial charge < -0.3 is 19.3 Å². The molecule has 4 fully saturated rings. The summed E-state index contributed by atoms with van der Waals surface area (Å²) in [5.74, 6) is 0.226. The van der Waals surface area contributed by atoms with Crippen LogP contribution in [-0.2, 0) is 20.8 Å². The van der Waals surface area contributed by atoms with E-state index in [0.29, 0.717) is 24.6 Å². The van der Waals surface area contributed by atoms with Gasteiger partial charge in [-0.1, -0.05) is 49.2 Å². The predicted octanol–water partition coefficient (Wildman–Crippen LogP) is 8.23. The molecule has 2 aromatic carbocycles. The summed E-state index contributed by atoms with van der Waals surface area (Å²) < 4.78 is 15.9. The minimum Gasteiger partial charge on any atom is -0.449 e. The van der Waals surface area contributed by atoms with E-state index in [2.05, 4.69) is 55.8 Å². The highest BCUT2D eigenvalue weighted by Crippen LogP contribution is 2.55. The van der Waals surface area contributed by atoms with Gasteiger partial charge in [-0.15, -0.1) is 0 Å². The number of hydrogen-bond acceptors (Lipinski definition) is 6. The lowest BCUT2D eigenvalue weighted by molar-refractivity contribution is -0.128. The molecule has 11 heteroatoms. The second-order valence-corrected chi connectivity index (χ2v) is 15.4. The molecule has 3 aliphatic heterocycles. The van der Waals surface area contributed by atoms with Crippen LogP contribution in [0.1, 0.15) is 93.8 Å². The summed E-state index contributed by atoms with van der Waals surface area (Å²) in [5.41, 5.74) is 8.16. The largest absolute Gasteiger partial charge is 0.449 e. The molecule has 3 saturated heterocycles. The van der Waals surface area contributed by atoms with E-state index in [-0.39, 0.29) is 29.7 Å². The monoisotopic (exact) mass is 698 g/mol. The van der Waals surface area contributed by atoms with Gasteiger partial charge in [0.2, 0.25) is 5.91 Å². The molecule has 50 heavy (non-hydrogen) atoms. The Morgan fingerprint density at radius 1 is 1.08 bits per heavy atom. The third kappa shape index (κ3) is 5.88. The number of carbonyl (C=O) groups is 2. The zero-order chi connectivity index (χ0) is 34.6. The van der Waals surface area contributed by atoms with Crippen molar-refractivity contribution in [2.24, 2.45) is 5.41 Å². The van der Waals surface area contributed by atoms with E-state index in [9.17, 15) is 9.59 Å². The molecule has 2 aromatic heterocycles. The van der Waals surface area contributed by atoms with Crippen LogP contribution < -0.4 is 0 Å². The van der Waals surface area contributed by atoms with E-state index in [1.807, 2.05) is 20.7 Å². The van der Waals surface area contributed by atoms with Crippen molar-refractivity contribution in [2.75, 3.05) is 32.8 Å². The second kappa shape index (κ2) is 13.3. The predicted molar refractivity (Wildman–Crippen MR) is 193 cm³/mol. The van der Waals surface area contributed by atoms with Gasteiger partial charge in [-0.2, -0.15) is 10.2 Å². The summed E-state index contributed by atoms with van der Waals surface area (Å²) in [4.78, 5) is 28.6. The number of ether oxygens (including phenoxy) is 2. The number of halogens is 1. The van der Waals surface area contributed by atoms with Crippen molar-refractivity contribution in [3.63, 3.8) is 0 Å². The molecule has 2 amide bonds. The molecule has 1 atom stereocenters. The zero-order valence-electron chi connectivity index (χ0n) is 29.4. The molecule has 0 radical (unpaired) electrons. The normalized spacial score (nSPS) is 20.5. The highest BCUT2D eigenvalue weighted by Gasteiger charge is 2.55. The van der Waals surface area contributed by atoms with Crippen LogP contribution in [0.5, 0.6) is 0 Å². The first-order valence-electron chi connectivity index (χ1n) is 18.4. The van der Waals surface area contributed by atoms with Gasteiger partial charge in [0.05, 0.1) is 29.4 Å². The molecule has 1 unspecified atom stereocenters. The number of nitrogens with zero attached hydrogens (tertiary/aromatic N) is 6. The average molecular weight is 699 g/mol. The molecule has 1 saturated carbocycles. The van der Waals surface area contributed by atoms with Gasteiger partial charge in [-0.25, -0.2) is 9.48 Å². The second-order valence-electron chi connectivity index (χ2n) is 15.0. The van der Waals surface area contributed by atoms with Crippen molar-refractivity contribution in [1.29, 1.82) is 0 Å². The maximum absolute atomic E-state index is 12.5. The Morgan fingerprint density at radius 2 is 1.88 bits per heavy atom. The van der Waals surface area contributed by atoms with Gasteiger partial charge in [-0.05, 0) is 76.0 Å². The molecule has 0 N–H and O–H groups in total. The van der Waals surface area contributed by atoms with Crippen molar-refractivity contribution in [2.45, 2.75) is 97.4 Å².